The molecule has 0 radical (unpaired) electrons. The molecule has 2 rings (SSSR count). The van der Waals surface area contributed by atoms with Crippen LogP contribution in [-0.2, 0) is 0 Å². The smallest absolute Gasteiger partial charge is 0.0818 e. The Labute approximate surface area is 115 Å². The van der Waals surface area contributed by atoms with Crippen molar-refractivity contribution < 1.29 is 5.11 Å². The predicted octanol–water partition coefficient (Wildman–Crippen LogP) is 4.90. The molecule has 1 aliphatic carbocycles. The molecule has 1 N–H and O–H groups in total. The Kier molecular flexibility index (Phi) is 4.69. The highest BCUT2D eigenvalue weighted by atomic mass is 35.5. The number of halogens is 1. The fourth-order valence-corrected chi connectivity index (χ4v) is 3.15. The lowest BCUT2D eigenvalue weighted by Gasteiger charge is -2.31. The largest absolute Gasteiger partial charge is 0.388 e. The zero-order valence-corrected chi connectivity index (χ0v) is 12.1. The van der Waals surface area contributed by atoms with E-state index in [1.807, 2.05) is 25.1 Å². The maximum atomic E-state index is 10.5. The standard InChI is InChI=1S/C16H23ClO/c1-3-12-4-6-13(7-5-12)16(18)14-8-9-15(17)11(2)10-14/h8-10,12-13,16,18H,3-7H2,1-2H3. The van der Waals surface area contributed by atoms with Gasteiger partial charge in [0.15, 0.2) is 0 Å². The van der Waals surface area contributed by atoms with E-state index >= 15 is 0 Å². The Bertz CT molecular complexity index is 394. The van der Waals surface area contributed by atoms with Crippen molar-refractivity contribution in [1.82, 2.24) is 0 Å². The van der Waals surface area contributed by atoms with Gasteiger partial charge in [-0.05, 0) is 48.8 Å². The van der Waals surface area contributed by atoms with Gasteiger partial charge in [0.05, 0.1) is 6.10 Å². The van der Waals surface area contributed by atoms with Crippen LogP contribution in [0.5, 0.6) is 0 Å². The number of hydrogen-bond donors (Lipinski definition) is 1. The molecule has 0 aliphatic heterocycles. The first-order valence-corrected chi connectivity index (χ1v) is 7.43. The van der Waals surface area contributed by atoms with Gasteiger partial charge in [0, 0.05) is 5.02 Å². The molecule has 1 aliphatic rings. The van der Waals surface area contributed by atoms with Crippen LogP contribution in [0.15, 0.2) is 18.2 Å². The second kappa shape index (κ2) is 6.08. The quantitative estimate of drug-likeness (QED) is 0.825. The minimum absolute atomic E-state index is 0.321. The van der Waals surface area contributed by atoms with E-state index in [0.29, 0.717) is 5.92 Å². The van der Waals surface area contributed by atoms with Crippen LogP contribution in [0.2, 0.25) is 5.02 Å². The summed E-state index contributed by atoms with van der Waals surface area (Å²) in [6.07, 6.45) is 5.81. The summed E-state index contributed by atoms with van der Waals surface area (Å²) in [7, 11) is 0. The number of aryl methyl sites for hydroxylation is 1. The van der Waals surface area contributed by atoms with Gasteiger partial charge in [-0.25, -0.2) is 0 Å². The third-order valence-corrected chi connectivity index (χ3v) is 4.86. The molecule has 0 saturated heterocycles. The lowest BCUT2D eigenvalue weighted by atomic mass is 9.77. The molecule has 18 heavy (non-hydrogen) atoms. The van der Waals surface area contributed by atoms with E-state index < -0.39 is 0 Å². The number of benzene rings is 1. The van der Waals surface area contributed by atoms with Crippen molar-refractivity contribution in [2.24, 2.45) is 11.8 Å². The summed E-state index contributed by atoms with van der Waals surface area (Å²) in [5, 5.41) is 11.3. The molecule has 0 aromatic heterocycles. The van der Waals surface area contributed by atoms with Gasteiger partial charge in [-0.15, -0.1) is 0 Å². The highest BCUT2D eigenvalue weighted by molar-refractivity contribution is 6.31. The van der Waals surface area contributed by atoms with E-state index in [2.05, 4.69) is 6.92 Å². The first kappa shape index (κ1) is 13.9. The van der Waals surface area contributed by atoms with Crippen molar-refractivity contribution in [2.45, 2.75) is 52.1 Å². The van der Waals surface area contributed by atoms with Gasteiger partial charge >= 0.3 is 0 Å². The normalized spacial score (nSPS) is 26.0. The second-order valence-corrected chi connectivity index (χ2v) is 6.05. The van der Waals surface area contributed by atoms with Gasteiger partial charge in [0.2, 0.25) is 0 Å². The minimum Gasteiger partial charge on any atom is -0.388 e. The molecule has 0 spiro atoms. The number of hydrogen-bond acceptors (Lipinski definition) is 1. The predicted molar refractivity (Wildman–Crippen MR) is 76.9 cm³/mol. The van der Waals surface area contributed by atoms with Crippen LogP contribution in [0, 0.1) is 18.8 Å². The molecular formula is C16H23ClO. The Morgan fingerprint density at radius 3 is 2.50 bits per heavy atom. The molecule has 1 atom stereocenters. The van der Waals surface area contributed by atoms with E-state index in [4.69, 9.17) is 11.6 Å². The molecule has 1 aromatic carbocycles. The van der Waals surface area contributed by atoms with E-state index in [-0.39, 0.29) is 6.10 Å². The molecule has 2 heteroatoms. The van der Waals surface area contributed by atoms with Gasteiger partial charge in [-0.2, -0.15) is 0 Å². The molecule has 1 nitrogen and oxygen atoms in total. The lowest BCUT2D eigenvalue weighted by Crippen LogP contribution is -2.20. The van der Waals surface area contributed by atoms with Crippen LogP contribution >= 0.6 is 11.6 Å². The SMILES string of the molecule is CCC1CCC(C(O)c2ccc(Cl)c(C)c2)CC1. The second-order valence-electron chi connectivity index (χ2n) is 5.64. The van der Waals surface area contributed by atoms with Gasteiger partial charge in [-0.3, -0.25) is 0 Å². The molecule has 1 saturated carbocycles. The lowest BCUT2D eigenvalue weighted by molar-refractivity contribution is 0.0729. The first-order chi connectivity index (χ1) is 8.61. The maximum absolute atomic E-state index is 10.5. The Morgan fingerprint density at radius 2 is 1.94 bits per heavy atom. The molecule has 1 fully saturated rings. The maximum Gasteiger partial charge on any atom is 0.0818 e. The Balaban J connectivity index is 2.03. The Hall–Kier alpha value is -0.530. The average molecular weight is 267 g/mol. The summed E-state index contributed by atoms with van der Waals surface area (Å²) >= 11 is 6.03. The van der Waals surface area contributed by atoms with Crippen molar-refractivity contribution >= 4 is 11.6 Å². The fourth-order valence-electron chi connectivity index (χ4n) is 3.04. The van der Waals surface area contributed by atoms with Crippen LogP contribution in [0.4, 0.5) is 0 Å². The fraction of sp³-hybridized carbons (Fsp3) is 0.625. The van der Waals surface area contributed by atoms with Crippen molar-refractivity contribution in [3.63, 3.8) is 0 Å². The molecule has 0 heterocycles. The highest BCUT2D eigenvalue weighted by Crippen LogP contribution is 2.38. The molecule has 1 unspecified atom stereocenters. The van der Waals surface area contributed by atoms with E-state index in [0.717, 1.165) is 34.9 Å². The number of aliphatic hydroxyl groups is 1. The van der Waals surface area contributed by atoms with Crippen molar-refractivity contribution in [1.29, 1.82) is 0 Å². The zero-order chi connectivity index (χ0) is 13.1. The summed E-state index contributed by atoms with van der Waals surface area (Å²) < 4.78 is 0. The molecular weight excluding hydrogens is 244 g/mol. The first-order valence-electron chi connectivity index (χ1n) is 7.06. The average Bonchev–Trinajstić information content (AvgIpc) is 2.41. The van der Waals surface area contributed by atoms with Crippen LogP contribution in [0.1, 0.15) is 56.3 Å². The Morgan fingerprint density at radius 1 is 1.28 bits per heavy atom. The zero-order valence-electron chi connectivity index (χ0n) is 11.3. The summed E-state index contributed by atoms with van der Waals surface area (Å²) in [6, 6.07) is 5.89. The third-order valence-electron chi connectivity index (χ3n) is 4.44. The van der Waals surface area contributed by atoms with Gasteiger partial charge in [-0.1, -0.05) is 49.9 Å². The van der Waals surface area contributed by atoms with E-state index in [9.17, 15) is 5.11 Å². The minimum atomic E-state index is -0.321. The molecule has 0 amide bonds. The monoisotopic (exact) mass is 266 g/mol. The summed E-state index contributed by atoms with van der Waals surface area (Å²) in [4.78, 5) is 0. The summed E-state index contributed by atoms with van der Waals surface area (Å²) in [5.74, 6) is 1.30. The summed E-state index contributed by atoms with van der Waals surface area (Å²) in [5.41, 5.74) is 2.08. The van der Waals surface area contributed by atoms with Gasteiger partial charge in [0.1, 0.15) is 0 Å². The van der Waals surface area contributed by atoms with Crippen LogP contribution < -0.4 is 0 Å². The topological polar surface area (TPSA) is 20.2 Å². The molecule has 0 bridgehead atoms. The molecule has 1 aromatic rings. The third kappa shape index (κ3) is 3.07. The van der Waals surface area contributed by atoms with E-state index in [1.54, 1.807) is 0 Å². The van der Waals surface area contributed by atoms with Crippen molar-refractivity contribution in [2.75, 3.05) is 0 Å². The highest BCUT2D eigenvalue weighted by Gasteiger charge is 2.26. The van der Waals surface area contributed by atoms with Crippen molar-refractivity contribution in [3.05, 3.63) is 34.3 Å². The van der Waals surface area contributed by atoms with Crippen LogP contribution in [0.25, 0.3) is 0 Å². The van der Waals surface area contributed by atoms with Crippen LogP contribution in [0.3, 0.4) is 0 Å². The molecule has 100 valence electrons. The van der Waals surface area contributed by atoms with Crippen molar-refractivity contribution in [3.8, 4) is 0 Å². The van der Waals surface area contributed by atoms with Crippen LogP contribution in [-0.4, -0.2) is 5.11 Å². The number of aliphatic hydroxyl groups excluding tert-OH is 1. The van der Waals surface area contributed by atoms with E-state index in [1.165, 1.54) is 19.3 Å². The van der Waals surface area contributed by atoms with Gasteiger partial charge in [0.25, 0.3) is 0 Å². The number of rotatable bonds is 3. The van der Waals surface area contributed by atoms with Gasteiger partial charge < -0.3 is 5.11 Å². The summed E-state index contributed by atoms with van der Waals surface area (Å²) in [6.45, 7) is 4.26.